The third-order valence-electron chi connectivity index (χ3n) is 17.5. The van der Waals surface area contributed by atoms with Crippen LogP contribution in [0.4, 0.5) is 0 Å². The smallest absolute Gasteiger partial charge is 0.462 e. The van der Waals surface area contributed by atoms with Gasteiger partial charge in [0.25, 0.3) is 0 Å². The van der Waals surface area contributed by atoms with E-state index < -0.39 is 26.5 Å². The number of phosphoric ester groups is 1. The quantitative estimate of drug-likeness (QED) is 0.0264. The Morgan fingerprint density at radius 2 is 0.536 bits per heavy atom. The number of carbonyl (C=O) groups is 2. The fourth-order valence-corrected chi connectivity index (χ4v) is 12.4. The highest BCUT2D eigenvalue weighted by Gasteiger charge is 2.26. The van der Waals surface area contributed by atoms with E-state index in [-0.39, 0.29) is 38.6 Å². The molecule has 0 amide bonds. The molecule has 558 valence electrons. The van der Waals surface area contributed by atoms with Gasteiger partial charge in [-0.3, -0.25) is 18.6 Å². The van der Waals surface area contributed by atoms with E-state index in [0.29, 0.717) is 6.42 Å². The Bertz CT molecular complexity index is 2060. The predicted octanol–water partition coefficient (Wildman–Crippen LogP) is 27.5. The molecule has 3 N–H and O–H groups in total. The highest BCUT2D eigenvalue weighted by atomic mass is 31.2. The topological polar surface area (TPSA) is 134 Å². The van der Waals surface area contributed by atoms with Crippen molar-refractivity contribution >= 4 is 19.8 Å². The van der Waals surface area contributed by atoms with Crippen molar-refractivity contribution in [2.45, 2.75) is 380 Å². The molecule has 2 unspecified atom stereocenters. The lowest BCUT2D eigenvalue weighted by Gasteiger charge is -2.19. The Hall–Kier alpha value is -3.85. The second kappa shape index (κ2) is 81.1. The molecule has 0 fully saturated rings. The number of unbranched alkanes of at least 4 members (excludes halogenated alkanes) is 41. The lowest BCUT2D eigenvalue weighted by molar-refractivity contribution is -0.161. The molecule has 2 atom stereocenters. The van der Waals surface area contributed by atoms with Gasteiger partial charge in [0.15, 0.2) is 6.10 Å². The minimum atomic E-state index is -4.40. The van der Waals surface area contributed by atoms with Crippen LogP contribution in [0, 0.1) is 0 Å². The number of ether oxygens (including phenoxy) is 2. The molecule has 97 heavy (non-hydrogen) atoms. The maximum Gasteiger partial charge on any atom is 0.472 e. The highest BCUT2D eigenvalue weighted by Crippen LogP contribution is 2.43. The van der Waals surface area contributed by atoms with Gasteiger partial charge in [-0.1, -0.05) is 385 Å². The van der Waals surface area contributed by atoms with Gasteiger partial charge in [0, 0.05) is 19.4 Å². The van der Waals surface area contributed by atoms with Crippen molar-refractivity contribution in [3.8, 4) is 0 Å². The molecule has 0 saturated heterocycles. The zero-order chi connectivity index (χ0) is 70.0. The Morgan fingerprint density at radius 1 is 0.309 bits per heavy atom. The lowest BCUT2D eigenvalue weighted by Crippen LogP contribution is -2.29. The molecule has 0 aromatic rings. The van der Waals surface area contributed by atoms with Gasteiger partial charge >= 0.3 is 19.8 Å². The van der Waals surface area contributed by atoms with Gasteiger partial charge in [0.1, 0.15) is 6.61 Å². The summed E-state index contributed by atoms with van der Waals surface area (Å²) in [6.45, 7) is 3.56. The fourth-order valence-electron chi connectivity index (χ4n) is 11.6. The first-order valence-corrected chi connectivity index (χ1v) is 42.2. The van der Waals surface area contributed by atoms with E-state index >= 15 is 0 Å². The molecule has 9 nitrogen and oxygen atoms in total. The second-order valence-electron chi connectivity index (χ2n) is 26.9. The molecule has 10 heteroatoms. The van der Waals surface area contributed by atoms with Crippen LogP contribution in [0.15, 0.2) is 134 Å². The maximum atomic E-state index is 12.8. The maximum absolute atomic E-state index is 12.8. The van der Waals surface area contributed by atoms with Crippen molar-refractivity contribution in [3.05, 3.63) is 134 Å². The number of esters is 2. The predicted molar refractivity (Wildman–Crippen MR) is 422 cm³/mol. The van der Waals surface area contributed by atoms with Crippen molar-refractivity contribution < 1.29 is 37.6 Å². The van der Waals surface area contributed by atoms with Crippen LogP contribution < -0.4 is 5.73 Å². The average molecular weight is 1370 g/mol. The zero-order valence-corrected chi connectivity index (χ0v) is 63.9. The summed E-state index contributed by atoms with van der Waals surface area (Å²) < 4.78 is 33.3. The second-order valence-corrected chi connectivity index (χ2v) is 28.3. The SMILES string of the molecule is CC/C=C\C/C=C\C/C=C\C/C=C\C/C=C\C/C=C\CCCCCCCCCCCCCCCCCCCCCCC(=O)OC(COC(=O)CCCCCCCCCCCCCCCCCCCCCCC/C=C\C/C=C\C/C=C\C/C=C\C/C=C\CC)COP(=O)(O)OCCN. The Labute approximate surface area is 599 Å². The summed E-state index contributed by atoms with van der Waals surface area (Å²) in [5, 5.41) is 0. The van der Waals surface area contributed by atoms with Crippen LogP contribution in [-0.2, 0) is 32.7 Å². The van der Waals surface area contributed by atoms with Crippen molar-refractivity contribution in [2.24, 2.45) is 5.73 Å². The molecule has 0 heterocycles. The molecule has 0 aromatic carbocycles. The summed E-state index contributed by atoms with van der Waals surface area (Å²) in [7, 11) is -4.40. The number of rotatable bonds is 76. The minimum Gasteiger partial charge on any atom is -0.462 e. The number of hydrogen-bond acceptors (Lipinski definition) is 8. The molecule has 0 aliphatic heterocycles. The first-order chi connectivity index (χ1) is 47.8. The van der Waals surface area contributed by atoms with Crippen LogP contribution in [0.2, 0.25) is 0 Å². The summed E-state index contributed by atoms with van der Waals surface area (Å²) in [6.07, 6.45) is 116. The van der Waals surface area contributed by atoms with E-state index in [0.717, 1.165) is 109 Å². The molecule has 0 radical (unpaired) electrons. The minimum absolute atomic E-state index is 0.0520. The third-order valence-corrected chi connectivity index (χ3v) is 18.5. The summed E-state index contributed by atoms with van der Waals surface area (Å²) >= 11 is 0. The summed E-state index contributed by atoms with van der Waals surface area (Å²) in [6, 6.07) is 0. The third kappa shape index (κ3) is 81.0. The molecule has 0 bridgehead atoms. The Balaban J connectivity index is 3.79. The van der Waals surface area contributed by atoms with Crippen LogP contribution in [0.5, 0.6) is 0 Å². The van der Waals surface area contributed by atoms with Crippen LogP contribution >= 0.6 is 7.82 Å². The normalized spacial score (nSPS) is 13.6. The molecule has 0 aliphatic rings. The van der Waals surface area contributed by atoms with Crippen molar-refractivity contribution in [3.63, 3.8) is 0 Å². The lowest BCUT2D eigenvalue weighted by atomic mass is 10.0. The monoisotopic (exact) mass is 1370 g/mol. The molecule has 0 spiro atoms. The van der Waals surface area contributed by atoms with E-state index in [1.54, 1.807) is 0 Å². The van der Waals surface area contributed by atoms with Crippen molar-refractivity contribution in [1.29, 1.82) is 0 Å². The molecule has 0 aromatic heterocycles. The molecular formula is C87H152NO8P. The number of allylic oxidation sites excluding steroid dienone is 22. The number of hydrogen-bond donors (Lipinski definition) is 2. The average Bonchev–Trinajstić information content (AvgIpc) is 2.88. The van der Waals surface area contributed by atoms with Crippen LogP contribution in [0.1, 0.15) is 373 Å². The molecule has 0 saturated carbocycles. The van der Waals surface area contributed by atoms with Crippen molar-refractivity contribution in [2.75, 3.05) is 26.4 Å². The Morgan fingerprint density at radius 3 is 0.794 bits per heavy atom. The molecular weight excluding hydrogens is 1220 g/mol. The fraction of sp³-hybridized carbons (Fsp3) is 0.724. The summed E-state index contributed by atoms with van der Waals surface area (Å²) in [4.78, 5) is 35.5. The number of carbonyl (C=O) groups excluding carboxylic acids is 2. The van der Waals surface area contributed by atoms with E-state index in [9.17, 15) is 19.0 Å². The van der Waals surface area contributed by atoms with Gasteiger partial charge in [-0.15, -0.1) is 0 Å². The van der Waals surface area contributed by atoms with Gasteiger partial charge in [0.2, 0.25) is 0 Å². The first-order valence-electron chi connectivity index (χ1n) is 40.7. The van der Waals surface area contributed by atoms with Crippen molar-refractivity contribution in [1.82, 2.24) is 0 Å². The van der Waals surface area contributed by atoms with Crippen LogP contribution in [-0.4, -0.2) is 49.3 Å². The van der Waals surface area contributed by atoms with Gasteiger partial charge < -0.3 is 20.1 Å². The van der Waals surface area contributed by atoms with Gasteiger partial charge in [-0.05, 0) is 109 Å². The van der Waals surface area contributed by atoms with E-state index in [1.165, 1.54) is 231 Å². The first kappa shape index (κ1) is 93.2. The molecule has 0 aliphatic carbocycles. The van der Waals surface area contributed by atoms with Crippen LogP contribution in [0.3, 0.4) is 0 Å². The van der Waals surface area contributed by atoms with Gasteiger partial charge in [-0.25, -0.2) is 4.57 Å². The Kier molecular flexibility index (Phi) is 77.9. The summed E-state index contributed by atoms with van der Waals surface area (Å²) in [5.74, 6) is -0.812. The molecule has 0 rings (SSSR count). The van der Waals surface area contributed by atoms with E-state index in [2.05, 4.69) is 148 Å². The number of nitrogens with two attached hydrogens (primary N) is 1. The van der Waals surface area contributed by atoms with E-state index in [1.807, 2.05) is 0 Å². The summed E-state index contributed by atoms with van der Waals surface area (Å²) in [5.41, 5.74) is 5.42. The van der Waals surface area contributed by atoms with Gasteiger partial charge in [-0.2, -0.15) is 0 Å². The van der Waals surface area contributed by atoms with Crippen LogP contribution in [0.25, 0.3) is 0 Å². The highest BCUT2D eigenvalue weighted by molar-refractivity contribution is 7.47. The van der Waals surface area contributed by atoms with E-state index in [4.69, 9.17) is 24.3 Å². The zero-order valence-electron chi connectivity index (χ0n) is 63.0. The largest absolute Gasteiger partial charge is 0.472 e. The standard InChI is InChI=1S/C87H152NO8P/c1-3-5-7-9-11-13-15-17-19-21-23-25-27-29-31-33-35-37-39-41-42-44-46-48-50-52-54-56-58-60-62-64-66-68-70-72-74-76-78-80-87(90)96-85(84-95-97(91,92)94-82-81-88)83-93-86(89)79-77-75-73-71-69-67-65-63-61-59-57-55-53-51-49-47-45-43-40-38-36-34-32-30-28-26-24-22-20-18-16-14-12-10-8-6-4-2/h5-8,11-14,17-20,23-26,29-32,35,37,85H,3-4,9-10,15-16,21-22,27-28,33-34,36,38-84,88H2,1-2H3,(H,91,92)/b7-5-,8-6-,13-11-,14-12-,19-17-,20-18-,25-23-,26-24-,31-29-,32-30-,37-35-. The van der Waals surface area contributed by atoms with Gasteiger partial charge in [0.05, 0.1) is 13.2 Å². The number of phosphoric acid groups is 1.